The van der Waals surface area contributed by atoms with E-state index in [1.807, 2.05) is 61.7 Å². The zero-order valence-corrected chi connectivity index (χ0v) is 18.4. The first-order valence-corrected chi connectivity index (χ1v) is 10.9. The highest BCUT2D eigenvalue weighted by Gasteiger charge is 2.23. The number of benzene rings is 1. The van der Waals surface area contributed by atoms with Crippen LogP contribution in [-0.2, 0) is 11.3 Å². The van der Waals surface area contributed by atoms with Crippen LogP contribution in [0.4, 0.5) is 11.5 Å². The minimum atomic E-state index is -0.673. The molecule has 0 bridgehead atoms. The predicted octanol–water partition coefficient (Wildman–Crippen LogP) is 3.32. The number of nitrogens with two attached hydrogens (primary N) is 1. The smallest absolute Gasteiger partial charge is 0.330 e. The molecule has 3 N–H and O–H groups in total. The van der Waals surface area contributed by atoms with Gasteiger partial charge in [-0.25, -0.2) is 4.79 Å². The number of H-pyrrole nitrogens is 1. The van der Waals surface area contributed by atoms with E-state index in [0.717, 1.165) is 10.4 Å². The number of nitrogens with zero attached hydrogens (tertiary/aromatic N) is 2. The van der Waals surface area contributed by atoms with Gasteiger partial charge in [0.25, 0.3) is 11.5 Å². The second kappa shape index (κ2) is 10.1. The first-order chi connectivity index (χ1) is 14.9. The fourth-order valence-corrected chi connectivity index (χ4v) is 3.73. The maximum atomic E-state index is 13.1. The lowest BCUT2D eigenvalue weighted by molar-refractivity contribution is -0.114. The normalized spacial score (nSPS) is 11.3. The van der Waals surface area contributed by atoms with Gasteiger partial charge < -0.3 is 10.6 Å². The summed E-state index contributed by atoms with van der Waals surface area (Å²) in [5.41, 5.74) is 5.86. The van der Waals surface area contributed by atoms with Crippen molar-refractivity contribution in [1.82, 2.24) is 9.55 Å². The third-order valence-electron chi connectivity index (χ3n) is 4.80. The number of hydrogen-bond donors (Lipinski definition) is 2. The van der Waals surface area contributed by atoms with Crippen LogP contribution >= 0.6 is 11.3 Å². The topological polar surface area (TPSA) is 101 Å². The van der Waals surface area contributed by atoms with Crippen molar-refractivity contribution in [2.75, 3.05) is 17.2 Å². The lowest BCUT2D eigenvalue weighted by Gasteiger charge is -2.24. The van der Waals surface area contributed by atoms with Crippen molar-refractivity contribution in [1.29, 1.82) is 0 Å². The molecule has 0 fully saturated rings. The molecule has 0 saturated heterocycles. The first-order valence-electron chi connectivity index (χ1n) is 10.1. The van der Waals surface area contributed by atoms with E-state index in [2.05, 4.69) is 4.98 Å². The number of carbonyl (C=O) groups is 1. The maximum absolute atomic E-state index is 13.1. The summed E-state index contributed by atoms with van der Waals surface area (Å²) >= 11 is 1.51. The molecule has 0 spiro atoms. The molecule has 0 aliphatic heterocycles. The fraction of sp³-hybridized carbons (Fsp3) is 0.261. The van der Waals surface area contributed by atoms with Crippen LogP contribution in [0, 0.1) is 5.92 Å². The van der Waals surface area contributed by atoms with Gasteiger partial charge >= 0.3 is 5.69 Å². The SMILES string of the molecule is CC(C)CCN(C(=O)/C=C/c1cccs1)c1c(N)n(Cc2ccccc2)c(=O)[nH]c1=O. The molecule has 2 aromatic heterocycles. The molecular formula is C23H26N4O3S. The summed E-state index contributed by atoms with van der Waals surface area (Å²) in [6, 6.07) is 13.1. The van der Waals surface area contributed by atoms with E-state index in [4.69, 9.17) is 5.73 Å². The van der Waals surface area contributed by atoms with E-state index >= 15 is 0 Å². The second-order valence-corrected chi connectivity index (χ2v) is 8.57. The first kappa shape index (κ1) is 22.3. The van der Waals surface area contributed by atoms with Gasteiger partial charge in [-0.3, -0.25) is 19.1 Å². The zero-order valence-electron chi connectivity index (χ0n) is 17.6. The third kappa shape index (κ3) is 5.61. The number of thiophene rings is 1. The molecule has 0 saturated carbocycles. The number of nitrogens with one attached hydrogen (secondary N) is 1. The van der Waals surface area contributed by atoms with Crippen molar-refractivity contribution in [3.63, 3.8) is 0 Å². The van der Waals surface area contributed by atoms with Gasteiger partial charge in [0.05, 0.1) is 6.54 Å². The van der Waals surface area contributed by atoms with Crippen LogP contribution < -0.4 is 21.9 Å². The number of amides is 1. The lowest BCUT2D eigenvalue weighted by Crippen LogP contribution is -2.41. The second-order valence-electron chi connectivity index (χ2n) is 7.59. The number of nitrogen functional groups attached to an aromatic ring is 1. The third-order valence-corrected chi connectivity index (χ3v) is 5.63. The van der Waals surface area contributed by atoms with Gasteiger partial charge in [0.2, 0.25) is 0 Å². The maximum Gasteiger partial charge on any atom is 0.330 e. The number of anilines is 2. The number of aromatic amines is 1. The number of aromatic nitrogens is 2. The van der Waals surface area contributed by atoms with Crippen LogP contribution in [0.2, 0.25) is 0 Å². The Bertz CT molecular complexity index is 1160. The van der Waals surface area contributed by atoms with Crippen LogP contribution in [0.15, 0.2) is 63.5 Å². The van der Waals surface area contributed by atoms with Crippen molar-refractivity contribution in [3.8, 4) is 0 Å². The van der Waals surface area contributed by atoms with E-state index in [0.29, 0.717) is 18.9 Å². The van der Waals surface area contributed by atoms with Crippen LogP contribution in [-0.4, -0.2) is 22.0 Å². The number of carbonyl (C=O) groups excluding carboxylic acids is 1. The summed E-state index contributed by atoms with van der Waals surface area (Å²) in [5.74, 6) is -0.0810. The highest BCUT2D eigenvalue weighted by atomic mass is 32.1. The summed E-state index contributed by atoms with van der Waals surface area (Å²) < 4.78 is 1.28. The largest absolute Gasteiger partial charge is 0.383 e. The van der Waals surface area contributed by atoms with Gasteiger partial charge in [-0.05, 0) is 35.4 Å². The summed E-state index contributed by atoms with van der Waals surface area (Å²) in [6.45, 7) is 4.57. The molecule has 8 heteroatoms. The molecule has 0 unspecified atom stereocenters. The van der Waals surface area contributed by atoms with Crippen molar-refractivity contribution in [2.45, 2.75) is 26.8 Å². The Morgan fingerprint density at radius 1 is 1.19 bits per heavy atom. The van der Waals surface area contributed by atoms with Crippen LogP contribution in [0.3, 0.4) is 0 Å². The molecule has 0 atom stereocenters. The van der Waals surface area contributed by atoms with Crippen LogP contribution in [0.1, 0.15) is 30.7 Å². The Morgan fingerprint density at radius 3 is 2.58 bits per heavy atom. The number of rotatable bonds is 8. The summed E-state index contributed by atoms with van der Waals surface area (Å²) in [6.07, 6.45) is 3.81. The quantitative estimate of drug-likeness (QED) is 0.527. The van der Waals surface area contributed by atoms with Gasteiger partial charge in [-0.1, -0.05) is 50.2 Å². The summed E-state index contributed by atoms with van der Waals surface area (Å²) in [7, 11) is 0. The molecule has 2 heterocycles. The Balaban J connectivity index is 2.02. The van der Waals surface area contributed by atoms with E-state index in [1.165, 1.54) is 26.9 Å². The molecule has 1 amide bonds. The van der Waals surface area contributed by atoms with Crippen molar-refractivity contribution < 1.29 is 4.79 Å². The average molecular weight is 439 g/mol. The summed E-state index contributed by atoms with van der Waals surface area (Å²) in [5, 5.41) is 1.92. The van der Waals surface area contributed by atoms with E-state index in [9.17, 15) is 14.4 Å². The molecular weight excluding hydrogens is 412 g/mol. The van der Waals surface area contributed by atoms with Crippen molar-refractivity contribution in [2.24, 2.45) is 5.92 Å². The Hall–Kier alpha value is -3.39. The molecule has 31 heavy (non-hydrogen) atoms. The highest BCUT2D eigenvalue weighted by Crippen LogP contribution is 2.20. The zero-order chi connectivity index (χ0) is 22.4. The predicted molar refractivity (Wildman–Crippen MR) is 126 cm³/mol. The van der Waals surface area contributed by atoms with Gasteiger partial charge in [-0.2, -0.15) is 0 Å². The van der Waals surface area contributed by atoms with Gasteiger partial charge in [0.15, 0.2) is 5.69 Å². The van der Waals surface area contributed by atoms with Crippen LogP contribution in [0.5, 0.6) is 0 Å². The standard InChI is InChI=1S/C23H26N4O3S/c1-16(2)12-13-26(19(28)11-10-18-9-6-14-31-18)20-21(24)27(23(30)25-22(20)29)15-17-7-4-3-5-8-17/h3-11,14,16H,12-13,15,24H2,1-2H3,(H,25,29,30)/b11-10+. The monoisotopic (exact) mass is 438 g/mol. The lowest BCUT2D eigenvalue weighted by atomic mass is 10.1. The summed E-state index contributed by atoms with van der Waals surface area (Å²) in [4.78, 5) is 42.9. The van der Waals surface area contributed by atoms with Crippen molar-refractivity contribution in [3.05, 3.63) is 85.2 Å². The van der Waals surface area contributed by atoms with Gasteiger partial charge in [0, 0.05) is 17.5 Å². The molecule has 162 valence electrons. The Morgan fingerprint density at radius 2 is 1.94 bits per heavy atom. The average Bonchev–Trinajstić information content (AvgIpc) is 3.26. The van der Waals surface area contributed by atoms with E-state index < -0.39 is 11.2 Å². The Labute approximate surface area is 184 Å². The minimum Gasteiger partial charge on any atom is -0.383 e. The molecule has 0 aliphatic rings. The van der Waals surface area contributed by atoms with E-state index in [1.54, 1.807) is 6.08 Å². The van der Waals surface area contributed by atoms with E-state index in [-0.39, 0.29) is 24.0 Å². The van der Waals surface area contributed by atoms with Gasteiger partial charge in [-0.15, -0.1) is 11.3 Å². The van der Waals surface area contributed by atoms with Crippen LogP contribution in [0.25, 0.3) is 6.08 Å². The fourth-order valence-electron chi connectivity index (χ4n) is 3.11. The number of hydrogen-bond acceptors (Lipinski definition) is 5. The molecule has 3 rings (SSSR count). The van der Waals surface area contributed by atoms with Gasteiger partial charge in [0.1, 0.15) is 5.82 Å². The Kier molecular flexibility index (Phi) is 7.25. The molecule has 0 aliphatic carbocycles. The molecule has 7 nitrogen and oxygen atoms in total. The molecule has 1 aromatic carbocycles. The molecule has 0 radical (unpaired) electrons. The molecule has 3 aromatic rings. The van der Waals surface area contributed by atoms with Crippen molar-refractivity contribution >= 4 is 34.8 Å². The minimum absolute atomic E-state index is 0.00277. The highest BCUT2D eigenvalue weighted by molar-refractivity contribution is 7.10.